The van der Waals surface area contributed by atoms with Crippen LogP contribution in [0.4, 0.5) is 4.39 Å². The van der Waals surface area contributed by atoms with Gasteiger partial charge in [-0.1, -0.05) is 13.8 Å². The number of hydrogen-bond donors (Lipinski definition) is 2. The van der Waals surface area contributed by atoms with Crippen molar-refractivity contribution < 1.29 is 9.18 Å². The lowest BCUT2D eigenvalue weighted by atomic mass is 10.1. The van der Waals surface area contributed by atoms with Crippen molar-refractivity contribution in [1.29, 1.82) is 0 Å². The van der Waals surface area contributed by atoms with Gasteiger partial charge in [-0.2, -0.15) is 0 Å². The highest BCUT2D eigenvalue weighted by Gasteiger charge is 2.14. The summed E-state index contributed by atoms with van der Waals surface area (Å²) in [5, 5.41) is 3.77. The average Bonchev–Trinajstić information content (AvgIpc) is 2.65. The van der Waals surface area contributed by atoms with E-state index in [0.29, 0.717) is 23.7 Å². The van der Waals surface area contributed by atoms with Gasteiger partial charge in [-0.05, 0) is 43.0 Å². The summed E-state index contributed by atoms with van der Waals surface area (Å²) in [5.41, 5.74) is 2.04. The quantitative estimate of drug-likeness (QED) is 0.871. The molecule has 0 saturated carbocycles. The number of aryl methyl sites for hydroxylation is 1. The number of aromatic amines is 1. The Bertz CT molecular complexity index is 601. The highest BCUT2D eigenvalue weighted by molar-refractivity contribution is 6.00. The highest BCUT2D eigenvalue weighted by Crippen LogP contribution is 2.22. The Morgan fingerprint density at radius 1 is 1.42 bits per heavy atom. The molecule has 0 bridgehead atoms. The number of benzene rings is 1. The van der Waals surface area contributed by atoms with E-state index in [1.165, 1.54) is 12.1 Å². The lowest BCUT2D eigenvalue weighted by Crippen LogP contribution is -2.26. The van der Waals surface area contributed by atoms with Crippen LogP contribution in [0.3, 0.4) is 0 Å². The van der Waals surface area contributed by atoms with Crippen molar-refractivity contribution in [1.82, 2.24) is 10.3 Å². The zero-order valence-electron chi connectivity index (χ0n) is 11.5. The van der Waals surface area contributed by atoms with Crippen molar-refractivity contribution in [3.8, 4) is 0 Å². The number of rotatable bonds is 4. The van der Waals surface area contributed by atoms with Gasteiger partial charge in [0.25, 0.3) is 5.91 Å². The predicted molar refractivity (Wildman–Crippen MR) is 74.8 cm³/mol. The maximum Gasteiger partial charge on any atom is 0.268 e. The average molecular weight is 262 g/mol. The van der Waals surface area contributed by atoms with Gasteiger partial charge in [0, 0.05) is 17.4 Å². The Labute approximate surface area is 112 Å². The minimum absolute atomic E-state index is 0.130. The Balaban J connectivity index is 2.20. The summed E-state index contributed by atoms with van der Waals surface area (Å²) < 4.78 is 13.1. The van der Waals surface area contributed by atoms with Crippen LogP contribution >= 0.6 is 0 Å². The van der Waals surface area contributed by atoms with Crippen LogP contribution in [0.25, 0.3) is 10.9 Å². The van der Waals surface area contributed by atoms with E-state index in [9.17, 15) is 9.18 Å². The molecule has 1 amide bonds. The summed E-state index contributed by atoms with van der Waals surface area (Å²) in [6.07, 6.45) is 0.944. The van der Waals surface area contributed by atoms with Crippen LogP contribution in [0.15, 0.2) is 18.2 Å². The number of H-pyrrole nitrogens is 1. The standard InChI is InChI=1S/C15H19FN2O/c1-9(2)6-7-17-15(19)14-10(3)12-5-4-11(16)8-13(12)18-14/h4-5,8-9,18H,6-7H2,1-3H3,(H,17,19). The summed E-state index contributed by atoms with van der Waals surface area (Å²) in [5.74, 6) is 0.119. The molecule has 3 nitrogen and oxygen atoms in total. The zero-order chi connectivity index (χ0) is 14.0. The minimum atomic E-state index is -0.305. The van der Waals surface area contributed by atoms with Crippen molar-refractivity contribution in [2.75, 3.05) is 6.54 Å². The molecule has 0 atom stereocenters. The van der Waals surface area contributed by atoms with Crippen LogP contribution < -0.4 is 5.32 Å². The maximum absolute atomic E-state index is 13.1. The van der Waals surface area contributed by atoms with Crippen LogP contribution in [-0.2, 0) is 0 Å². The lowest BCUT2D eigenvalue weighted by Gasteiger charge is -2.06. The van der Waals surface area contributed by atoms with E-state index in [4.69, 9.17) is 0 Å². The van der Waals surface area contributed by atoms with Crippen molar-refractivity contribution in [2.45, 2.75) is 27.2 Å². The van der Waals surface area contributed by atoms with Gasteiger partial charge < -0.3 is 10.3 Å². The van der Waals surface area contributed by atoms with Gasteiger partial charge in [-0.3, -0.25) is 4.79 Å². The summed E-state index contributed by atoms with van der Waals surface area (Å²) >= 11 is 0. The minimum Gasteiger partial charge on any atom is -0.351 e. The molecule has 1 aromatic heterocycles. The summed E-state index contributed by atoms with van der Waals surface area (Å²) in [6.45, 7) is 6.75. The molecule has 2 N–H and O–H groups in total. The molecule has 19 heavy (non-hydrogen) atoms. The SMILES string of the molecule is Cc1c(C(=O)NCCC(C)C)[nH]c2cc(F)ccc12. The Morgan fingerprint density at radius 2 is 2.16 bits per heavy atom. The Morgan fingerprint density at radius 3 is 2.84 bits per heavy atom. The van der Waals surface area contributed by atoms with Crippen LogP contribution in [0.1, 0.15) is 36.3 Å². The first-order valence-corrected chi connectivity index (χ1v) is 6.55. The summed E-state index contributed by atoms with van der Waals surface area (Å²) in [7, 11) is 0. The second-order valence-electron chi connectivity index (χ2n) is 5.25. The van der Waals surface area contributed by atoms with E-state index in [1.54, 1.807) is 6.07 Å². The molecule has 1 aromatic carbocycles. The van der Waals surface area contributed by atoms with E-state index in [-0.39, 0.29) is 11.7 Å². The molecule has 1 heterocycles. The molecule has 0 unspecified atom stereocenters. The van der Waals surface area contributed by atoms with Crippen molar-refractivity contribution >= 4 is 16.8 Å². The molecule has 0 aliphatic rings. The number of nitrogens with one attached hydrogen (secondary N) is 2. The van der Waals surface area contributed by atoms with Gasteiger partial charge in [-0.15, -0.1) is 0 Å². The largest absolute Gasteiger partial charge is 0.351 e. The predicted octanol–water partition coefficient (Wildman–Crippen LogP) is 3.39. The van der Waals surface area contributed by atoms with Gasteiger partial charge in [-0.25, -0.2) is 4.39 Å². The fourth-order valence-corrected chi connectivity index (χ4v) is 2.10. The molecule has 2 rings (SSSR count). The van der Waals surface area contributed by atoms with Gasteiger partial charge in [0.2, 0.25) is 0 Å². The molecule has 0 aliphatic heterocycles. The second-order valence-corrected chi connectivity index (χ2v) is 5.25. The van der Waals surface area contributed by atoms with Crippen molar-refractivity contribution in [3.63, 3.8) is 0 Å². The molecular weight excluding hydrogens is 243 g/mol. The summed E-state index contributed by atoms with van der Waals surface area (Å²) in [6, 6.07) is 4.51. The van der Waals surface area contributed by atoms with Crippen molar-refractivity contribution in [3.05, 3.63) is 35.3 Å². The molecule has 0 spiro atoms. The first-order valence-electron chi connectivity index (χ1n) is 6.55. The molecule has 2 aromatic rings. The van der Waals surface area contributed by atoms with Crippen LogP contribution in [-0.4, -0.2) is 17.4 Å². The van der Waals surface area contributed by atoms with Crippen LogP contribution in [0.5, 0.6) is 0 Å². The number of amides is 1. The van der Waals surface area contributed by atoms with Crippen LogP contribution in [0.2, 0.25) is 0 Å². The zero-order valence-corrected chi connectivity index (χ0v) is 11.5. The Hall–Kier alpha value is -1.84. The maximum atomic E-state index is 13.1. The number of halogens is 1. The number of fused-ring (bicyclic) bond motifs is 1. The molecule has 0 fully saturated rings. The number of aromatic nitrogens is 1. The fourth-order valence-electron chi connectivity index (χ4n) is 2.10. The molecule has 102 valence electrons. The van der Waals surface area contributed by atoms with Gasteiger partial charge in [0.15, 0.2) is 0 Å². The van der Waals surface area contributed by atoms with E-state index in [2.05, 4.69) is 24.1 Å². The highest BCUT2D eigenvalue weighted by atomic mass is 19.1. The third-order valence-corrected chi connectivity index (χ3v) is 3.25. The first kappa shape index (κ1) is 13.6. The first-order chi connectivity index (χ1) is 8.99. The molecule has 0 radical (unpaired) electrons. The Kier molecular flexibility index (Phi) is 3.88. The van der Waals surface area contributed by atoms with E-state index in [1.807, 2.05) is 6.92 Å². The fraction of sp³-hybridized carbons (Fsp3) is 0.400. The third-order valence-electron chi connectivity index (χ3n) is 3.25. The van der Waals surface area contributed by atoms with Gasteiger partial charge in [0.05, 0.1) is 0 Å². The smallest absolute Gasteiger partial charge is 0.268 e. The van der Waals surface area contributed by atoms with Crippen molar-refractivity contribution in [2.24, 2.45) is 5.92 Å². The van der Waals surface area contributed by atoms with E-state index < -0.39 is 0 Å². The molecule has 4 heteroatoms. The lowest BCUT2D eigenvalue weighted by molar-refractivity contribution is 0.0947. The van der Waals surface area contributed by atoms with E-state index >= 15 is 0 Å². The topological polar surface area (TPSA) is 44.9 Å². The summed E-state index contributed by atoms with van der Waals surface area (Å²) in [4.78, 5) is 15.1. The normalized spacial score (nSPS) is 11.2. The molecule has 0 aliphatic carbocycles. The van der Waals surface area contributed by atoms with Gasteiger partial charge in [0.1, 0.15) is 11.5 Å². The van der Waals surface area contributed by atoms with Crippen LogP contribution in [0, 0.1) is 18.7 Å². The number of hydrogen-bond acceptors (Lipinski definition) is 1. The number of carbonyl (C=O) groups is 1. The second kappa shape index (κ2) is 5.43. The van der Waals surface area contributed by atoms with E-state index in [0.717, 1.165) is 17.4 Å². The third kappa shape index (κ3) is 2.95. The monoisotopic (exact) mass is 262 g/mol. The molecule has 0 saturated heterocycles. The van der Waals surface area contributed by atoms with Gasteiger partial charge >= 0.3 is 0 Å². The number of carbonyl (C=O) groups excluding carboxylic acids is 1. The molecular formula is C15H19FN2O.